The number of rotatable bonds is 3. The number of nitrogens with one attached hydrogen (secondary N) is 1. The third-order valence-corrected chi connectivity index (χ3v) is 6.44. The Morgan fingerprint density at radius 3 is 2.79 bits per heavy atom. The standard InChI is InChI=1S/C22H23FN2O2S/c1-27-17-7-5-15(6-8-17)16-9-12-25(13-10-16)22(26)24-20-11-14-28-21-18(20)3-2-4-19(21)23/h2-9,20H,10-14H2,1H3,(H,24,26)/t20-/m1/s1. The molecule has 0 aliphatic carbocycles. The van der Waals surface area contributed by atoms with Crippen molar-refractivity contribution in [3.8, 4) is 5.75 Å². The number of carbonyl (C=O) groups excluding carboxylic acids is 1. The number of carbonyl (C=O) groups is 1. The van der Waals surface area contributed by atoms with E-state index in [1.54, 1.807) is 13.2 Å². The van der Waals surface area contributed by atoms with Crippen LogP contribution in [0.25, 0.3) is 5.57 Å². The number of methoxy groups -OCH3 is 1. The molecule has 0 fully saturated rings. The molecular formula is C22H23FN2O2S. The summed E-state index contributed by atoms with van der Waals surface area (Å²) >= 11 is 1.52. The number of ether oxygens (including phenoxy) is 1. The summed E-state index contributed by atoms with van der Waals surface area (Å²) in [6.07, 6.45) is 3.73. The van der Waals surface area contributed by atoms with E-state index in [-0.39, 0.29) is 17.9 Å². The summed E-state index contributed by atoms with van der Waals surface area (Å²) in [7, 11) is 1.66. The normalized spacial score (nSPS) is 18.9. The second-order valence-corrected chi connectivity index (χ2v) is 8.06. The van der Waals surface area contributed by atoms with Crippen molar-refractivity contribution in [1.29, 1.82) is 0 Å². The van der Waals surface area contributed by atoms with Gasteiger partial charge in [0.15, 0.2) is 0 Å². The summed E-state index contributed by atoms with van der Waals surface area (Å²) in [5, 5.41) is 3.10. The summed E-state index contributed by atoms with van der Waals surface area (Å²) in [4.78, 5) is 15.2. The van der Waals surface area contributed by atoms with E-state index >= 15 is 0 Å². The molecule has 0 spiro atoms. The van der Waals surface area contributed by atoms with Crippen molar-refractivity contribution in [2.45, 2.75) is 23.8 Å². The van der Waals surface area contributed by atoms with E-state index in [2.05, 4.69) is 11.4 Å². The molecule has 6 heteroatoms. The second-order valence-electron chi connectivity index (χ2n) is 6.95. The number of nitrogens with zero attached hydrogens (tertiary/aromatic N) is 1. The van der Waals surface area contributed by atoms with Gasteiger partial charge in [-0.25, -0.2) is 9.18 Å². The van der Waals surface area contributed by atoms with Crippen LogP contribution < -0.4 is 10.1 Å². The molecule has 1 atom stereocenters. The van der Waals surface area contributed by atoms with Gasteiger partial charge >= 0.3 is 6.03 Å². The van der Waals surface area contributed by atoms with Gasteiger partial charge in [0, 0.05) is 23.7 Å². The van der Waals surface area contributed by atoms with E-state index in [4.69, 9.17) is 4.74 Å². The highest BCUT2D eigenvalue weighted by Crippen LogP contribution is 2.37. The van der Waals surface area contributed by atoms with Crippen LogP contribution in [-0.4, -0.2) is 36.9 Å². The minimum absolute atomic E-state index is 0.0860. The minimum atomic E-state index is -0.202. The highest BCUT2D eigenvalue weighted by atomic mass is 32.2. The Hall–Kier alpha value is -2.47. The molecule has 2 aromatic carbocycles. The van der Waals surface area contributed by atoms with Crippen LogP contribution in [0.2, 0.25) is 0 Å². The molecule has 1 N–H and O–H groups in total. The summed E-state index contributed by atoms with van der Waals surface area (Å²) in [5.41, 5.74) is 3.29. The van der Waals surface area contributed by atoms with Gasteiger partial charge in [-0.05, 0) is 47.7 Å². The molecule has 0 aromatic heterocycles. The van der Waals surface area contributed by atoms with Crippen LogP contribution in [0.3, 0.4) is 0 Å². The van der Waals surface area contributed by atoms with Gasteiger partial charge in [-0.1, -0.05) is 30.3 Å². The van der Waals surface area contributed by atoms with Crippen molar-refractivity contribution < 1.29 is 13.9 Å². The Bertz CT molecular complexity index is 898. The molecular weight excluding hydrogens is 375 g/mol. The first-order valence-corrected chi connectivity index (χ1v) is 10.4. The van der Waals surface area contributed by atoms with Crippen molar-refractivity contribution in [3.05, 3.63) is 65.5 Å². The Morgan fingerprint density at radius 1 is 1.25 bits per heavy atom. The Labute approximate surface area is 168 Å². The number of hydrogen-bond donors (Lipinski definition) is 1. The molecule has 28 heavy (non-hydrogen) atoms. The monoisotopic (exact) mass is 398 g/mol. The summed E-state index contributed by atoms with van der Waals surface area (Å²) < 4.78 is 19.2. The van der Waals surface area contributed by atoms with Crippen LogP contribution in [0.4, 0.5) is 9.18 Å². The molecule has 2 aliphatic rings. The SMILES string of the molecule is COc1ccc(C2=CCN(C(=O)N[C@@H]3CCSc4c(F)cccc43)CC2)cc1. The molecule has 0 radical (unpaired) electrons. The van der Waals surface area contributed by atoms with E-state index in [1.807, 2.05) is 35.2 Å². The van der Waals surface area contributed by atoms with Gasteiger partial charge in [0.1, 0.15) is 11.6 Å². The zero-order valence-corrected chi connectivity index (χ0v) is 16.6. The van der Waals surface area contributed by atoms with Crippen LogP contribution in [0.15, 0.2) is 53.4 Å². The summed E-state index contributed by atoms with van der Waals surface area (Å²) in [6, 6.07) is 12.9. The first-order chi connectivity index (χ1) is 13.7. The fourth-order valence-electron chi connectivity index (χ4n) is 3.70. The van der Waals surface area contributed by atoms with E-state index in [0.717, 1.165) is 35.5 Å². The third kappa shape index (κ3) is 3.87. The number of halogens is 1. The number of benzene rings is 2. The highest BCUT2D eigenvalue weighted by molar-refractivity contribution is 7.99. The highest BCUT2D eigenvalue weighted by Gasteiger charge is 2.26. The van der Waals surface area contributed by atoms with Gasteiger partial charge in [0.2, 0.25) is 0 Å². The molecule has 0 saturated heterocycles. The van der Waals surface area contributed by atoms with Crippen molar-refractivity contribution >= 4 is 23.4 Å². The molecule has 4 nitrogen and oxygen atoms in total. The van der Waals surface area contributed by atoms with Crippen LogP contribution in [0.1, 0.15) is 30.0 Å². The van der Waals surface area contributed by atoms with Crippen LogP contribution in [0.5, 0.6) is 5.75 Å². The zero-order chi connectivity index (χ0) is 19.5. The van der Waals surface area contributed by atoms with Crippen LogP contribution in [0, 0.1) is 5.82 Å². The molecule has 4 rings (SSSR count). The Balaban J connectivity index is 1.41. The summed E-state index contributed by atoms with van der Waals surface area (Å²) in [5.74, 6) is 1.44. The maximum atomic E-state index is 14.0. The number of urea groups is 1. The first-order valence-electron chi connectivity index (χ1n) is 9.46. The number of fused-ring (bicyclic) bond motifs is 1. The van der Waals surface area contributed by atoms with Crippen molar-refractivity contribution in [1.82, 2.24) is 10.2 Å². The topological polar surface area (TPSA) is 41.6 Å². The van der Waals surface area contributed by atoms with E-state index < -0.39 is 0 Å². The van der Waals surface area contributed by atoms with E-state index in [9.17, 15) is 9.18 Å². The quantitative estimate of drug-likeness (QED) is 0.802. The smallest absolute Gasteiger partial charge is 0.318 e. The van der Waals surface area contributed by atoms with Gasteiger partial charge in [0.25, 0.3) is 0 Å². The molecule has 2 heterocycles. The predicted octanol–water partition coefficient (Wildman–Crippen LogP) is 4.87. The maximum absolute atomic E-state index is 14.0. The molecule has 0 bridgehead atoms. The Kier molecular flexibility index (Phi) is 5.57. The lowest BCUT2D eigenvalue weighted by atomic mass is 9.99. The fourth-order valence-corrected chi connectivity index (χ4v) is 4.84. The summed E-state index contributed by atoms with van der Waals surface area (Å²) in [6.45, 7) is 1.24. The predicted molar refractivity (Wildman–Crippen MR) is 110 cm³/mol. The molecule has 2 amide bonds. The lowest BCUT2D eigenvalue weighted by molar-refractivity contribution is 0.198. The molecule has 2 aromatic rings. The lowest BCUT2D eigenvalue weighted by Gasteiger charge is -2.31. The largest absolute Gasteiger partial charge is 0.497 e. The van der Waals surface area contributed by atoms with Crippen molar-refractivity contribution in [2.24, 2.45) is 0 Å². The van der Waals surface area contributed by atoms with Gasteiger partial charge in [-0.15, -0.1) is 11.8 Å². The molecule has 146 valence electrons. The molecule has 0 unspecified atom stereocenters. The minimum Gasteiger partial charge on any atom is -0.497 e. The van der Waals surface area contributed by atoms with Crippen molar-refractivity contribution in [2.75, 3.05) is 26.0 Å². The number of thioether (sulfide) groups is 1. The van der Waals surface area contributed by atoms with Gasteiger partial charge < -0.3 is 15.0 Å². The lowest BCUT2D eigenvalue weighted by Crippen LogP contribution is -2.44. The average Bonchev–Trinajstić information content (AvgIpc) is 2.75. The number of amides is 2. The average molecular weight is 399 g/mol. The second kappa shape index (κ2) is 8.27. The van der Waals surface area contributed by atoms with E-state index in [0.29, 0.717) is 18.0 Å². The first kappa shape index (κ1) is 18.9. The third-order valence-electron chi connectivity index (χ3n) is 5.28. The molecule has 0 saturated carbocycles. The fraction of sp³-hybridized carbons (Fsp3) is 0.318. The zero-order valence-electron chi connectivity index (χ0n) is 15.8. The van der Waals surface area contributed by atoms with Gasteiger partial charge in [0.05, 0.1) is 13.2 Å². The van der Waals surface area contributed by atoms with Crippen LogP contribution >= 0.6 is 11.8 Å². The van der Waals surface area contributed by atoms with Crippen LogP contribution in [-0.2, 0) is 0 Å². The number of hydrogen-bond acceptors (Lipinski definition) is 3. The Morgan fingerprint density at radius 2 is 2.07 bits per heavy atom. The van der Waals surface area contributed by atoms with Gasteiger partial charge in [-0.2, -0.15) is 0 Å². The molecule has 2 aliphatic heterocycles. The maximum Gasteiger partial charge on any atom is 0.318 e. The van der Waals surface area contributed by atoms with E-state index in [1.165, 1.54) is 23.4 Å². The van der Waals surface area contributed by atoms with Crippen molar-refractivity contribution in [3.63, 3.8) is 0 Å². The van der Waals surface area contributed by atoms with Gasteiger partial charge in [-0.3, -0.25) is 0 Å².